The number of likely N-dealkylation sites (N-methyl/N-ethyl adjacent to an activating group) is 3. The smallest absolute Gasteiger partial charge is 0.314 e. The Morgan fingerprint density at radius 1 is 0.977 bits per heavy atom. The number of carboxylic acid groups (broad SMARTS) is 1. The molecule has 4 rings (SSSR count). The number of carbonyl (C=O) groups excluding carboxylic acids is 3. The van der Waals surface area contributed by atoms with Gasteiger partial charge >= 0.3 is 6.03 Å². The summed E-state index contributed by atoms with van der Waals surface area (Å²) in [7, 11) is 3.17. The molecule has 0 saturated heterocycles. The third kappa shape index (κ3) is 7.37. The van der Waals surface area contributed by atoms with Gasteiger partial charge in [0.2, 0.25) is 11.9 Å². The number of amides is 3. The van der Waals surface area contributed by atoms with Crippen LogP contribution in [0.1, 0.15) is 24.2 Å². The largest absolute Gasteiger partial charge is 0.545 e. The van der Waals surface area contributed by atoms with Crippen LogP contribution in [-0.4, -0.2) is 71.4 Å². The second-order valence-electron chi connectivity index (χ2n) is 9.44. The van der Waals surface area contributed by atoms with E-state index in [1.54, 1.807) is 32.3 Å². The molecule has 11 nitrogen and oxygen atoms in total. The number of nitrogens with one attached hydrogen (secondary N) is 4. The van der Waals surface area contributed by atoms with Crippen molar-refractivity contribution in [2.24, 2.45) is 0 Å². The third-order valence-electron chi connectivity index (χ3n) is 7.11. The second kappa shape index (κ2) is 15.2. The van der Waals surface area contributed by atoms with Crippen LogP contribution in [0.3, 0.4) is 0 Å². The molecule has 3 amide bonds. The summed E-state index contributed by atoms with van der Waals surface area (Å²) in [5, 5.41) is 27.2. The van der Waals surface area contributed by atoms with Crippen LogP contribution in [0.25, 0.3) is 33.4 Å². The number of carboxylic acids is 1. The molecule has 4 N–H and O–H groups in total. The number of aromatic carboxylic acids is 1. The van der Waals surface area contributed by atoms with E-state index in [0.717, 1.165) is 27.6 Å². The van der Waals surface area contributed by atoms with Gasteiger partial charge in [0.1, 0.15) is 17.9 Å². The molecular weight excluding hydrogens is 548 g/mol. The Balaban J connectivity index is 0.00000248. The Labute approximate surface area is 250 Å². The van der Waals surface area contributed by atoms with Crippen molar-refractivity contribution in [1.82, 2.24) is 20.5 Å². The van der Waals surface area contributed by atoms with E-state index < -0.39 is 5.97 Å². The average molecular weight is 587 g/mol. The number of hydrogen-bond acceptors (Lipinski definition) is 7. The van der Waals surface area contributed by atoms with Gasteiger partial charge in [-0.25, -0.2) is 9.37 Å². The maximum absolute atomic E-state index is 12.1. The van der Waals surface area contributed by atoms with Gasteiger partial charge in [-0.05, 0) is 44.3 Å². The van der Waals surface area contributed by atoms with Crippen molar-refractivity contribution >= 4 is 41.3 Å². The number of nitrogens with zero attached hydrogens (tertiary/aromatic N) is 2. The summed E-state index contributed by atoms with van der Waals surface area (Å²) in [5.74, 6) is -0.824. The number of anilines is 1. The molecule has 11 heteroatoms. The van der Waals surface area contributed by atoms with Crippen molar-refractivity contribution < 1.29 is 23.9 Å². The molecule has 0 bridgehead atoms. The Kier molecular flexibility index (Phi) is 11.4. The SMILES string of the molecule is C=N.CCN(CCNC(=O)NC)c1ccc2c(-c3ccccc3C(=O)[O-])c3ccc(=[N+](CC)CC(=O)NC)cc-3oc2c1. The fourth-order valence-corrected chi connectivity index (χ4v) is 4.93. The summed E-state index contributed by atoms with van der Waals surface area (Å²) in [5.41, 5.74) is 3.53. The lowest BCUT2D eigenvalue weighted by Crippen LogP contribution is -2.39. The maximum atomic E-state index is 12.1. The van der Waals surface area contributed by atoms with Crippen molar-refractivity contribution in [1.29, 1.82) is 5.41 Å². The molecule has 0 radical (unpaired) electrons. The highest BCUT2D eigenvalue weighted by Gasteiger charge is 2.22. The summed E-state index contributed by atoms with van der Waals surface area (Å²) in [6, 6.07) is 18.1. The normalized spacial score (nSPS) is 11.3. The van der Waals surface area contributed by atoms with E-state index in [1.165, 1.54) is 6.07 Å². The van der Waals surface area contributed by atoms with Crippen LogP contribution in [0, 0.1) is 5.41 Å². The van der Waals surface area contributed by atoms with Crippen molar-refractivity contribution in [3.05, 3.63) is 71.6 Å². The predicted molar refractivity (Wildman–Crippen MR) is 168 cm³/mol. The fourth-order valence-electron chi connectivity index (χ4n) is 4.93. The first-order valence-corrected chi connectivity index (χ1v) is 14.0. The summed E-state index contributed by atoms with van der Waals surface area (Å²) in [4.78, 5) is 38.0. The summed E-state index contributed by atoms with van der Waals surface area (Å²) >= 11 is 0. The molecule has 43 heavy (non-hydrogen) atoms. The van der Waals surface area contributed by atoms with Crippen molar-refractivity contribution in [2.45, 2.75) is 13.8 Å². The molecule has 2 aromatic carbocycles. The standard InChI is InChI=1S/C31H35N5O5.CH3N/c1-5-35(16-15-34-31(40)33-4)20-11-13-24-26(17-20)41-27-18-21(36(6-2)19-28(37)32-3)12-14-25(27)29(24)22-9-7-8-10-23(22)30(38)39;1-2/h7-14,17-18H,5-6,15-16,19H2,1-4H3,(H3-,32,33,34,37,38,39,40);2H,1H2. The lowest BCUT2D eigenvalue weighted by molar-refractivity contribution is -0.254. The van der Waals surface area contributed by atoms with Crippen molar-refractivity contribution in [3.8, 4) is 22.5 Å². The number of rotatable bonds is 10. The van der Waals surface area contributed by atoms with E-state index in [-0.39, 0.29) is 24.0 Å². The number of benzene rings is 3. The molecule has 0 unspecified atom stereocenters. The van der Waals surface area contributed by atoms with Gasteiger partial charge in [-0.15, -0.1) is 0 Å². The van der Waals surface area contributed by atoms with Gasteiger partial charge in [-0.3, -0.25) is 4.79 Å². The Bertz CT molecular complexity index is 1650. The van der Waals surface area contributed by atoms with Crippen LogP contribution in [0.2, 0.25) is 0 Å². The lowest BCUT2D eigenvalue weighted by Gasteiger charge is -2.24. The molecular formula is C32H38N6O5. The van der Waals surface area contributed by atoms with E-state index in [9.17, 15) is 19.5 Å². The first kappa shape index (κ1) is 32.3. The molecule has 1 aliphatic carbocycles. The summed E-state index contributed by atoms with van der Waals surface area (Å²) in [6.45, 7) is 9.02. The number of urea groups is 1. The van der Waals surface area contributed by atoms with Crippen molar-refractivity contribution in [2.75, 3.05) is 51.7 Å². The zero-order chi connectivity index (χ0) is 31.5. The van der Waals surface area contributed by atoms with Crippen LogP contribution >= 0.6 is 0 Å². The Morgan fingerprint density at radius 3 is 2.37 bits per heavy atom. The fraction of sp³-hybridized carbons (Fsp3) is 0.281. The molecule has 0 spiro atoms. The van der Waals surface area contributed by atoms with Crippen LogP contribution in [0.15, 0.2) is 65.1 Å². The highest BCUT2D eigenvalue weighted by atomic mass is 16.4. The van der Waals surface area contributed by atoms with E-state index in [0.29, 0.717) is 43.1 Å². The highest BCUT2D eigenvalue weighted by Crippen LogP contribution is 2.41. The van der Waals surface area contributed by atoms with E-state index in [2.05, 4.69) is 27.6 Å². The molecule has 1 aliphatic heterocycles. The zero-order valence-electron chi connectivity index (χ0n) is 25.0. The minimum absolute atomic E-state index is 0.0831. The Morgan fingerprint density at radius 2 is 1.72 bits per heavy atom. The highest BCUT2D eigenvalue weighted by molar-refractivity contribution is 6.07. The van der Waals surface area contributed by atoms with Gasteiger partial charge in [0.05, 0.1) is 12.0 Å². The predicted octanol–water partition coefficient (Wildman–Crippen LogP) is 2.13. The van der Waals surface area contributed by atoms with E-state index in [1.807, 2.05) is 54.8 Å². The minimum Gasteiger partial charge on any atom is -0.545 e. The quantitative estimate of drug-likeness (QED) is 0.127. The second-order valence-corrected chi connectivity index (χ2v) is 9.44. The molecule has 1 heterocycles. The van der Waals surface area contributed by atoms with Gasteiger partial charge < -0.3 is 40.6 Å². The third-order valence-corrected chi connectivity index (χ3v) is 7.11. The zero-order valence-corrected chi connectivity index (χ0v) is 25.0. The van der Waals surface area contributed by atoms with Crippen LogP contribution in [0.4, 0.5) is 10.5 Å². The van der Waals surface area contributed by atoms with Crippen LogP contribution in [-0.2, 0) is 4.79 Å². The topological polar surface area (TPSA) is 154 Å². The van der Waals surface area contributed by atoms with Gasteiger partial charge in [0.15, 0.2) is 0 Å². The molecule has 2 aliphatic rings. The molecule has 226 valence electrons. The molecule has 2 aromatic rings. The molecule has 0 saturated carbocycles. The monoisotopic (exact) mass is 586 g/mol. The molecule has 0 aromatic heterocycles. The van der Waals surface area contributed by atoms with Crippen LogP contribution in [0.5, 0.6) is 0 Å². The Hall–Kier alpha value is -5.19. The van der Waals surface area contributed by atoms with E-state index >= 15 is 0 Å². The van der Waals surface area contributed by atoms with Gasteiger partial charge in [0.25, 0.3) is 5.91 Å². The van der Waals surface area contributed by atoms with Crippen molar-refractivity contribution in [3.63, 3.8) is 0 Å². The molecule has 0 atom stereocenters. The number of fused-ring (bicyclic) bond motifs is 2. The molecule has 0 fully saturated rings. The number of carbonyl (C=O) groups is 3. The lowest BCUT2D eigenvalue weighted by atomic mass is 9.90. The maximum Gasteiger partial charge on any atom is 0.314 e. The van der Waals surface area contributed by atoms with E-state index in [4.69, 9.17) is 9.83 Å². The number of hydrogen-bond donors (Lipinski definition) is 4. The van der Waals surface area contributed by atoms with Gasteiger partial charge in [-0.2, -0.15) is 0 Å². The summed E-state index contributed by atoms with van der Waals surface area (Å²) in [6.07, 6.45) is 0. The minimum atomic E-state index is -1.26. The first-order chi connectivity index (χ1) is 20.8. The summed E-state index contributed by atoms with van der Waals surface area (Å²) < 4.78 is 8.41. The van der Waals surface area contributed by atoms with Crippen LogP contribution < -0.4 is 35.9 Å². The van der Waals surface area contributed by atoms with Gasteiger partial charge in [0, 0.05) is 73.6 Å². The van der Waals surface area contributed by atoms with Gasteiger partial charge in [-0.1, -0.05) is 24.3 Å². The first-order valence-electron chi connectivity index (χ1n) is 14.0. The average Bonchev–Trinajstić information content (AvgIpc) is 3.04.